The van der Waals surface area contributed by atoms with Gasteiger partial charge in [-0.2, -0.15) is 0 Å². The molecule has 1 aromatic carbocycles. The minimum absolute atomic E-state index is 0.179. The van der Waals surface area contributed by atoms with Crippen molar-refractivity contribution in [3.63, 3.8) is 0 Å². The van der Waals surface area contributed by atoms with Gasteiger partial charge in [-0.15, -0.1) is 11.8 Å². The Hall–Kier alpha value is -1.80. The van der Waals surface area contributed by atoms with Crippen LogP contribution < -0.4 is 5.56 Å². The molecule has 1 aliphatic rings. The average molecular weight is 409 g/mol. The van der Waals surface area contributed by atoms with Crippen LogP contribution in [0, 0.1) is 5.82 Å². The topological polar surface area (TPSA) is 61.2 Å². The number of carbonyl (C=O) groups excluding carboxylic acids is 1. The van der Waals surface area contributed by atoms with Crippen LogP contribution in [-0.4, -0.2) is 32.6 Å². The maximum Gasteiger partial charge on any atom is 0.319 e. The van der Waals surface area contributed by atoms with Gasteiger partial charge in [0.15, 0.2) is 5.16 Å². The van der Waals surface area contributed by atoms with Crippen molar-refractivity contribution >= 4 is 29.5 Å². The molecule has 0 fully saturated rings. The van der Waals surface area contributed by atoms with Crippen LogP contribution in [0.4, 0.5) is 4.39 Å². The first-order valence-corrected chi connectivity index (χ1v) is 10.6. The van der Waals surface area contributed by atoms with Crippen LogP contribution in [-0.2, 0) is 16.0 Å². The predicted octanol–water partition coefficient (Wildman–Crippen LogP) is 3.84. The monoisotopic (exact) mass is 408 g/mol. The molecule has 144 valence electrons. The number of thioether (sulfide) groups is 2. The van der Waals surface area contributed by atoms with E-state index in [4.69, 9.17) is 9.72 Å². The Morgan fingerprint density at radius 1 is 1.41 bits per heavy atom. The Kier molecular flexibility index (Phi) is 6.26. The summed E-state index contributed by atoms with van der Waals surface area (Å²) in [6.07, 6.45) is 1.26. The van der Waals surface area contributed by atoms with E-state index in [2.05, 4.69) is 0 Å². The van der Waals surface area contributed by atoms with Gasteiger partial charge in [-0.1, -0.05) is 25.6 Å². The van der Waals surface area contributed by atoms with Crippen LogP contribution in [0.15, 0.2) is 39.1 Å². The molecule has 0 unspecified atom stereocenters. The van der Waals surface area contributed by atoms with E-state index in [9.17, 15) is 14.0 Å². The highest BCUT2D eigenvalue weighted by atomic mass is 32.2. The van der Waals surface area contributed by atoms with E-state index in [0.717, 1.165) is 5.69 Å². The Bertz CT molecular complexity index is 899. The summed E-state index contributed by atoms with van der Waals surface area (Å²) in [5, 5.41) is 0.238. The summed E-state index contributed by atoms with van der Waals surface area (Å²) < 4.78 is 20.0. The van der Waals surface area contributed by atoms with Gasteiger partial charge in [-0.25, -0.2) is 9.37 Å². The minimum atomic E-state index is -0.465. The van der Waals surface area contributed by atoms with E-state index in [1.807, 2.05) is 13.8 Å². The molecule has 2 heterocycles. The molecule has 0 aliphatic carbocycles. The molecule has 0 saturated carbocycles. The zero-order valence-corrected chi connectivity index (χ0v) is 17.0. The number of rotatable bonds is 6. The van der Waals surface area contributed by atoms with Crippen LogP contribution in [0.3, 0.4) is 0 Å². The number of esters is 1. The molecular weight excluding hydrogens is 387 g/mol. The van der Waals surface area contributed by atoms with Gasteiger partial charge in [0.2, 0.25) is 0 Å². The largest absolute Gasteiger partial charge is 0.465 e. The summed E-state index contributed by atoms with van der Waals surface area (Å²) in [5.41, 5.74) is 1.11. The summed E-state index contributed by atoms with van der Waals surface area (Å²) in [6, 6.07) is 5.70. The van der Waals surface area contributed by atoms with E-state index in [0.29, 0.717) is 35.2 Å². The van der Waals surface area contributed by atoms with Crippen LogP contribution in [0.5, 0.6) is 0 Å². The zero-order chi connectivity index (χ0) is 19.6. The van der Waals surface area contributed by atoms with E-state index >= 15 is 0 Å². The Morgan fingerprint density at radius 3 is 2.74 bits per heavy atom. The van der Waals surface area contributed by atoms with Gasteiger partial charge in [-0.3, -0.25) is 14.2 Å². The lowest BCUT2D eigenvalue weighted by atomic mass is 10.2. The Balaban J connectivity index is 2.10. The van der Waals surface area contributed by atoms with Crippen molar-refractivity contribution in [2.45, 2.75) is 54.2 Å². The summed E-state index contributed by atoms with van der Waals surface area (Å²) in [7, 11) is 0. The van der Waals surface area contributed by atoms with E-state index < -0.39 is 5.25 Å². The molecule has 0 spiro atoms. The number of nitrogens with zero attached hydrogens (tertiary/aromatic N) is 2. The number of benzene rings is 1. The molecule has 3 rings (SSSR count). The van der Waals surface area contributed by atoms with Gasteiger partial charge < -0.3 is 4.74 Å². The van der Waals surface area contributed by atoms with Gasteiger partial charge in [0.1, 0.15) is 11.1 Å². The fourth-order valence-corrected chi connectivity index (χ4v) is 5.00. The third kappa shape index (κ3) is 4.21. The molecular formula is C19H21FN2O3S2. The maximum atomic E-state index is 13.4. The molecule has 0 radical (unpaired) electrons. The number of ether oxygens (including phenoxy) is 1. The summed E-state index contributed by atoms with van der Waals surface area (Å²) >= 11 is 2.72. The number of hydrogen-bond acceptors (Lipinski definition) is 6. The van der Waals surface area contributed by atoms with Crippen molar-refractivity contribution in [3.8, 4) is 5.69 Å². The SMILES string of the molecule is CCOC(=O)[C@@H](CC)Sc1nc2c(c(=O)n1-c1ccc(F)cc1)S[C@@H](C)C2. The second-order valence-electron chi connectivity index (χ2n) is 6.19. The first-order valence-electron chi connectivity index (χ1n) is 8.86. The van der Waals surface area contributed by atoms with Gasteiger partial charge in [0.05, 0.1) is 22.9 Å². The summed E-state index contributed by atoms with van der Waals surface area (Å²) in [6.45, 7) is 6.00. The Labute approximate surface area is 165 Å². The van der Waals surface area contributed by atoms with E-state index in [1.54, 1.807) is 19.1 Å². The van der Waals surface area contributed by atoms with E-state index in [-0.39, 0.29) is 22.6 Å². The third-order valence-corrected chi connectivity index (χ3v) is 6.64. The van der Waals surface area contributed by atoms with Crippen LogP contribution in [0.2, 0.25) is 0 Å². The van der Waals surface area contributed by atoms with Crippen LogP contribution in [0.25, 0.3) is 5.69 Å². The number of fused-ring (bicyclic) bond motifs is 1. The molecule has 2 aromatic rings. The molecule has 1 aliphatic heterocycles. The zero-order valence-electron chi connectivity index (χ0n) is 15.4. The van der Waals surface area contributed by atoms with Gasteiger partial charge in [0, 0.05) is 11.7 Å². The van der Waals surface area contributed by atoms with Gasteiger partial charge >= 0.3 is 5.97 Å². The van der Waals surface area contributed by atoms with Crippen molar-refractivity contribution in [2.75, 3.05) is 6.61 Å². The fourth-order valence-electron chi connectivity index (χ4n) is 2.86. The molecule has 0 N–H and O–H groups in total. The normalized spacial score (nSPS) is 16.8. The molecule has 1 aromatic heterocycles. The van der Waals surface area contributed by atoms with Crippen molar-refractivity contribution in [1.29, 1.82) is 0 Å². The standard InChI is InChI=1S/C19H21FN2O3S2/c1-4-15(18(24)25-5-2)27-19-21-14-10-11(3)26-16(14)17(23)22(19)13-8-6-12(20)7-9-13/h6-9,11,15H,4-5,10H2,1-3H3/t11-,15+/m0/s1. The lowest BCUT2D eigenvalue weighted by molar-refractivity contribution is -0.142. The molecule has 0 bridgehead atoms. The second kappa shape index (κ2) is 8.48. The van der Waals surface area contributed by atoms with Crippen molar-refractivity contribution < 1.29 is 13.9 Å². The quantitative estimate of drug-likeness (QED) is 0.411. The summed E-state index contributed by atoms with van der Waals surface area (Å²) in [5.74, 6) is -0.704. The number of halogens is 1. The number of carbonyl (C=O) groups is 1. The maximum absolute atomic E-state index is 13.4. The van der Waals surface area contributed by atoms with Gasteiger partial charge in [-0.05, 0) is 37.6 Å². The molecule has 27 heavy (non-hydrogen) atoms. The highest BCUT2D eigenvalue weighted by molar-refractivity contribution is 8.00. The third-order valence-electron chi connectivity index (χ3n) is 4.13. The first kappa shape index (κ1) is 19.9. The lowest BCUT2D eigenvalue weighted by Gasteiger charge is -2.17. The fraction of sp³-hybridized carbons (Fsp3) is 0.421. The Morgan fingerprint density at radius 2 is 2.11 bits per heavy atom. The average Bonchev–Trinajstić information content (AvgIpc) is 3.02. The van der Waals surface area contributed by atoms with Crippen molar-refractivity contribution in [1.82, 2.24) is 9.55 Å². The highest BCUT2D eigenvalue weighted by Crippen LogP contribution is 2.36. The smallest absolute Gasteiger partial charge is 0.319 e. The van der Waals surface area contributed by atoms with Crippen molar-refractivity contribution in [3.05, 3.63) is 46.1 Å². The molecule has 5 nitrogen and oxygen atoms in total. The molecule has 0 saturated heterocycles. The number of hydrogen-bond donors (Lipinski definition) is 0. The highest BCUT2D eigenvalue weighted by Gasteiger charge is 2.29. The molecule has 8 heteroatoms. The minimum Gasteiger partial charge on any atom is -0.465 e. The van der Waals surface area contributed by atoms with Crippen LogP contribution >= 0.6 is 23.5 Å². The molecule has 2 atom stereocenters. The van der Waals surface area contributed by atoms with Crippen molar-refractivity contribution in [2.24, 2.45) is 0 Å². The first-order chi connectivity index (χ1) is 12.9. The van der Waals surface area contributed by atoms with Crippen LogP contribution in [0.1, 0.15) is 32.9 Å². The van der Waals surface area contributed by atoms with Gasteiger partial charge in [0.25, 0.3) is 5.56 Å². The number of aromatic nitrogens is 2. The second-order valence-corrected chi connectivity index (χ2v) is 8.81. The lowest BCUT2D eigenvalue weighted by Crippen LogP contribution is -2.26. The predicted molar refractivity (Wildman–Crippen MR) is 105 cm³/mol. The molecule has 0 amide bonds. The van der Waals surface area contributed by atoms with E-state index in [1.165, 1.54) is 40.2 Å². The summed E-state index contributed by atoms with van der Waals surface area (Å²) in [4.78, 5) is 30.7.